The highest BCUT2D eigenvalue weighted by atomic mass is 16.6. The molecule has 0 amide bonds. The van der Waals surface area contributed by atoms with Gasteiger partial charge in [0.1, 0.15) is 0 Å². The zero-order valence-electron chi connectivity index (χ0n) is 12.6. The van der Waals surface area contributed by atoms with Gasteiger partial charge in [-0.05, 0) is 30.7 Å². The van der Waals surface area contributed by atoms with E-state index < -0.39 is 0 Å². The first-order valence-corrected chi connectivity index (χ1v) is 7.46. The molecule has 110 valence electrons. The molecule has 20 heavy (non-hydrogen) atoms. The summed E-state index contributed by atoms with van der Waals surface area (Å²) in [5.74, 6) is 1.43. The van der Waals surface area contributed by atoms with Gasteiger partial charge < -0.3 is 5.32 Å². The number of nitrogens with zero attached hydrogens (tertiary/aromatic N) is 1. The van der Waals surface area contributed by atoms with Crippen LogP contribution >= 0.6 is 0 Å². The minimum atomic E-state index is -0.301. The molecule has 1 aromatic rings. The Bertz CT molecular complexity index is 487. The Morgan fingerprint density at radius 1 is 1.35 bits per heavy atom. The summed E-state index contributed by atoms with van der Waals surface area (Å²) < 4.78 is 0. The van der Waals surface area contributed by atoms with Gasteiger partial charge in [0.2, 0.25) is 0 Å². The van der Waals surface area contributed by atoms with Crippen molar-refractivity contribution < 1.29 is 4.92 Å². The van der Waals surface area contributed by atoms with Gasteiger partial charge in [0.25, 0.3) is 5.69 Å². The molecule has 0 radical (unpaired) electrons. The van der Waals surface area contributed by atoms with Gasteiger partial charge in [0, 0.05) is 24.2 Å². The van der Waals surface area contributed by atoms with Gasteiger partial charge in [-0.25, -0.2) is 0 Å². The van der Waals surface area contributed by atoms with E-state index in [-0.39, 0.29) is 10.6 Å². The first kappa shape index (κ1) is 15.0. The van der Waals surface area contributed by atoms with Gasteiger partial charge in [-0.2, -0.15) is 0 Å². The summed E-state index contributed by atoms with van der Waals surface area (Å²) in [5, 5.41) is 14.5. The van der Waals surface area contributed by atoms with Gasteiger partial charge in [-0.15, -0.1) is 0 Å². The third kappa shape index (κ3) is 3.37. The smallest absolute Gasteiger partial charge is 0.272 e. The van der Waals surface area contributed by atoms with Crippen molar-refractivity contribution in [3.8, 4) is 0 Å². The molecule has 4 nitrogen and oxygen atoms in total. The molecule has 0 aliphatic heterocycles. The minimum Gasteiger partial charge on any atom is -0.310 e. The summed E-state index contributed by atoms with van der Waals surface area (Å²) in [4.78, 5) is 10.7. The van der Waals surface area contributed by atoms with Crippen LogP contribution in [-0.2, 0) is 6.54 Å². The van der Waals surface area contributed by atoms with Crippen LogP contribution < -0.4 is 5.32 Å². The van der Waals surface area contributed by atoms with Crippen LogP contribution in [0.1, 0.15) is 44.2 Å². The number of rotatable bonds is 4. The largest absolute Gasteiger partial charge is 0.310 e. The second-order valence-electron chi connectivity index (χ2n) is 6.13. The minimum absolute atomic E-state index is 0.217. The van der Waals surface area contributed by atoms with Crippen LogP contribution in [0.3, 0.4) is 0 Å². The highest BCUT2D eigenvalue weighted by Crippen LogP contribution is 2.29. The summed E-state index contributed by atoms with van der Waals surface area (Å²) in [5.41, 5.74) is 1.93. The predicted octanol–water partition coefficient (Wildman–Crippen LogP) is 3.82. The maximum Gasteiger partial charge on any atom is 0.272 e. The molecule has 0 spiro atoms. The Morgan fingerprint density at radius 2 is 2.10 bits per heavy atom. The van der Waals surface area contributed by atoms with Gasteiger partial charge in [-0.3, -0.25) is 10.1 Å². The van der Waals surface area contributed by atoms with E-state index in [0.717, 1.165) is 17.0 Å². The van der Waals surface area contributed by atoms with E-state index in [1.165, 1.54) is 19.3 Å². The molecule has 3 unspecified atom stereocenters. The number of aryl methyl sites for hydroxylation is 1. The first-order chi connectivity index (χ1) is 9.49. The zero-order chi connectivity index (χ0) is 14.7. The average molecular weight is 276 g/mol. The van der Waals surface area contributed by atoms with Crippen molar-refractivity contribution in [2.75, 3.05) is 0 Å². The maximum atomic E-state index is 11.0. The standard InChI is InChI=1S/C16H24N2O2/c1-11-5-4-6-15(13(11)3)17-10-14-8-7-12(2)16(9-14)18(19)20/h7-9,11,13,15,17H,4-6,10H2,1-3H3. The van der Waals surface area contributed by atoms with Crippen LogP contribution in [0.2, 0.25) is 0 Å². The van der Waals surface area contributed by atoms with E-state index in [1.54, 1.807) is 13.0 Å². The van der Waals surface area contributed by atoms with Crippen LogP contribution in [0.25, 0.3) is 0 Å². The average Bonchev–Trinajstić information content (AvgIpc) is 2.41. The molecule has 1 aliphatic carbocycles. The third-order valence-corrected chi connectivity index (χ3v) is 4.75. The Morgan fingerprint density at radius 3 is 2.80 bits per heavy atom. The monoisotopic (exact) mass is 276 g/mol. The molecule has 0 aromatic heterocycles. The molecular formula is C16H24N2O2. The van der Waals surface area contributed by atoms with E-state index in [9.17, 15) is 10.1 Å². The Hall–Kier alpha value is -1.42. The molecule has 0 saturated heterocycles. The maximum absolute atomic E-state index is 11.0. The molecule has 1 fully saturated rings. The van der Waals surface area contributed by atoms with Crippen molar-refractivity contribution in [2.45, 2.75) is 52.6 Å². The molecule has 1 aliphatic rings. The number of nitro benzene ring substituents is 1. The molecular weight excluding hydrogens is 252 g/mol. The van der Waals surface area contributed by atoms with Gasteiger partial charge in [0.15, 0.2) is 0 Å². The number of nitro groups is 1. The van der Waals surface area contributed by atoms with Crippen LogP contribution in [0.5, 0.6) is 0 Å². The fraction of sp³-hybridized carbons (Fsp3) is 0.625. The molecule has 2 rings (SSSR count). The molecule has 0 bridgehead atoms. The summed E-state index contributed by atoms with van der Waals surface area (Å²) in [6.45, 7) is 7.11. The quantitative estimate of drug-likeness (QED) is 0.672. The molecule has 1 saturated carbocycles. The van der Waals surface area contributed by atoms with E-state index in [4.69, 9.17) is 0 Å². The number of nitrogens with one attached hydrogen (secondary N) is 1. The lowest BCUT2D eigenvalue weighted by molar-refractivity contribution is -0.385. The first-order valence-electron chi connectivity index (χ1n) is 7.46. The van der Waals surface area contributed by atoms with Crippen LogP contribution in [-0.4, -0.2) is 11.0 Å². The SMILES string of the molecule is Cc1ccc(CNC2CCCC(C)C2C)cc1[N+](=O)[O-]. The van der Waals surface area contributed by atoms with Crippen molar-refractivity contribution in [3.63, 3.8) is 0 Å². The van der Waals surface area contributed by atoms with E-state index in [1.807, 2.05) is 12.1 Å². The van der Waals surface area contributed by atoms with E-state index in [2.05, 4.69) is 19.2 Å². The fourth-order valence-corrected chi connectivity index (χ4v) is 3.08. The second-order valence-corrected chi connectivity index (χ2v) is 6.13. The van der Waals surface area contributed by atoms with Crippen LogP contribution in [0, 0.1) is 28.9 Å². The van der Waals surface area contributed by atoms with Crippen molar-refractivity contribution in [2.24, 2.45) is 11.8 Å². The number of hydrogen-bond acceptors (Lipinski definition) is 3. The molecule has 1 aromatic carbocycles. The highest BCUT2D eigenvalue weighted by Gasteiger charge is 2.26. The summed E-state index contributed by atoms with van der Waals surface area (Å²) in [6, 6.07) is 6.03. The van der Waals surface area contributed by atoms with Crippen LogP contribution in [0.15, 0.2) is 18.2 Å². The Balaban J connectivity index is 2.00. The Labute approximate surface area is 120 Å². The number of hydrogen-bond donors (Lipinski definition) is 1. The van der Waals surface area contributed by atoms with Crippen molar-refractivity contribution >= 4 is 5.69 Å². The van der Waals surface area contributed by atoms with Gasteiger partial charge >= 0.3 is 0 Å². The lowest BCUT2D eigenvalue weighted by Gasteiger charge is -2.34. The summed E-state index contributed by atoms with van der Waals surface area (Å²) in [7, 11) is 0. The molecule has 3 atom stereocenters. The highest BCUT2D eigenvalue weighted by molar-refractivity contribution is 5.42. The lowest BCUT2D eigenvalue weighted by Crippen LogP contribution is -2.40. The number of benzene rings is 1. The van der Waals surface area contributed by atoms with Gasteiger partial charge in [-0.1, -0.05) is 38.8 Å². The fourth-order valence-electron chi connectivity index (χ4n) is 3.08. The predicted molar refractivity (Wildman–Crippen MR) is 80.6 cm³/mol. The normalized spacial score (nSPS) is 26.4. The molecule has 1 N–H and O–H groups in total. The van der Waals surface area contributed by atoms with E-state index >= 15 is 0 Å². The summed E-state index contributed by atoms with van der Waals surface area (Å²) >= 11 is 0. The van der Waals surface area contributed by atoms with E-state index in [0.29, 0.717) is 18.5 Å². The summed E-state index contributed by atoms with van der Waals surface area (Å²) in [6.07, 6.45) is 3.80. The van der Waals surface area contributed by atoms with Crippen molar-refractivity contribution in [1.29, 1.82) is 0 Å². The Kier molecular flexibility index (Phi) is 4.76. The second kappa shape index (κ2) is 6.35. The van der Waals surface area contributed by atoms with Crippen molar-refractivity contribution in [3.05, 3.63) is 39.4 Å². The zero-order valence-corrected chi connectivity index (χ0v) is 12.6. The lowest BCUT2D eigenvalue weighted by atomic mass is 9.78. The van der Waals surface area contributed by atoms with Crippen molar-refractivity contribution in [1.82, 2.24) is 5.32 Å². The molecule has 0 heterocycles. The third-order valence-electron chi connectivity index (χ3n) is 4.75. The van der Waals surface area contributed by atoms with Crippen LogP contribution in [0.4, 0.5) is 5.69 Å². The molecule has 4 heteroatoms. The van der Waals surface area contributed by atoms with Gasteiger partial charge in [0.05, 0.1) is 4.92 Å². The topological polar surface area (TPSA) is 55.2 Å².